The molecule has 0 aliphatic carbocycles. The summed E-state index contributed by atoms with van der Waals surface area (Å²) in [6, 6.07) is 9.89. The Morgan fingerprint density at radius 1 is 1.10 bits per heavy atom. The Bertz CT molecular complexity index is 912. The Morgan fingerprint density at radius 2 is 1.71 bits per heavy atom. The highest BCUT2D eigenvalue weighted by Crippen LogP contribution is 2.27. The van der Waals surface area contributed by atoms with Crippen molar-refractivity contribution in [3.8, 4) is 11.5 Å². The highest BCUT2D eigenvalue weighted by molar-refractivity contribution is 7.79. The number of nitro benzene ring substituents is 1. The minimum Gasteiger partial charge on any atom is -0.462 e. The van der Waals surface area contributed by atoms with E-state index < -0.39 is 53.3 Å². The number of nitro groups is 1. The third-order valence-corrected chi connectivity index (χ3v) is 4.55. The predicted octanol–water partition coefficient (Wildman–Crippen LogP) is 1.30. The summed E-state index contributed by atoms with van der Waals surface area (Å²) in [5, 5.41) is 40.6. The number of nitrogens with zero attached hydrogens (tertiary/aromatic N) is 1. The van der Waals surface area contributed by atoms with Gasteiger partial charge in [0, 0.05) is 24.4 Å². The van der Waals surface area contributed by atoms with Crippen molar-refractivity contribution in [3.63, 3.8) is 0 Å². The van der Waals surface area contributed by atoms with Crippen LogP contribution in [0.2, 0.25) is 0 Å². The first kappa shape index (κ1) is 22.8. The maximum Gasteiger partial charge on any atom is 0.358 e. The quantitative estimate of drug-likeness (QED) is 0.332. The summed E-state index contributed by atoms with van der Waals surface area (Å²) >= 11 is 4.98. The molecule has 31 heavy (non-hydrogen) atoms. The van der Waals surface area contributed by atoms with E-state index in [1.807, 2.05) is 0 Å². The lowest BCUT2D eigenvalue weighted by atomic mass is 9.99. The monoisotopic (exact) mass is 455 g/mol. The van der Waals surface area contributed by atoms with E-state index in [0.717, 1.165) is 12.1 Å². The molecule has 3 rings (SSSR count). The van der Waals surface area contributed by atoms with E-state index in [0.29, 0.717) is 0 Å². The summed E-state index contributed by atoms with van der Waals surface area (Å²) in [4.78, 5) is 10.1. The van der Waals surface area contributed by atoms with E-state index in [-0.39, 0.29) is 17.2 Å². The fraction of sp³-hybridized carbons (Fsp3) is 0.316. The molecule has 0 spiro atoms. The zero-order chi connectivity index (χ0) is 22.5. The minimum absolute atomic E-state index is 0.129. The summed E-state index contributed by atoms with van der Waals surface area (Å²) in [7, 11) is 0. The molecular weight excluding hydrogens is 437 g/mol. The number of hydrogen-bond acceptors (Lipinski definition) is 10. The van der Waals surface area contributed by atoms with Crippen LogP contribution < -0.4 is 9.47 Å². The molecule has 2 aromatic carbocycles. The second-order valence-corrected chi connectivity index (χ2v) is 6.80. The predicted molar refractivity (Wildman–Crippen MR) is 106 cm³/mol. The van der Waals surface area contributed by atoms with Crippen molar-refractivity contribution < 1.29 is 43.6 Å². The van der Waals surface area contributed by atoms with Crippen LogP contribution in [0, 0.1) is 15.9 Å². The lowest BCUT2D eigenvalue weighted by Gasteiger charge is -2.41. The van der Waals surface area contributed by atoms with Crippen LogP contribution in [-0.2, 0) is 9.47 Å². The number of aliphatic hydroxyl groups excluding tert-OH is 3. The van der Waals surface area contributed by atoms with Crippen molar-refractivity contribution in [1.82, 2.24) is 0 Å². The normalized spacial score (nSPS) is 25.5. The van der Waals surface area contributed by atoms with E-state index in [4.69, 9.17) is 31.2 Å². The molecule has 166 valence electrons. The first-order chi connectivity index (χ1) is 14.8. The molecule has 0 radical (unpaired) electrons. The van der Waals surface area contributed by atoms with Crippen molar-refractivity contribution in [2.75, 3.05) is 6.61 Å². The summed E-state index contributed by atoms with van der Waals surface area (Å²) in [6.07, 6.45) is -7.02. The minimum atomic E-state index is -1.57. The van der Waals surface area contributed by atoms with Crippen molar-refractivity contribution in [3.05, 3.63) is 64.5 Å². The molecule has 0 saturated carbocycles. The fourth-order valence-corrected chi connectivity index (χ4v) is 3.01. The Morgan fingerprint density at radius 3 is 2.29 bits per heavy atom. The molecule has 12 heteroatoms. The van der Waals surface area contributed by atoms with Crippen molar-refractivity contribution >= 4 is 23.1 Å². The van der Waals surface area contributed by atoms with Crippen LogP contribution >= 0.6 is 12.2 Å². The summed E-state index contributed by atoms with van der Waals surface area (Å²) < 4.78 is 34.5. The van der Waals surface area contributed by atoms with Crippen molar-refractivity contribution in [2.45, 2.75) is 30.7 Å². The van der Waals surface area contributed by atoms with Gasteiger partial charge in [-0.3, -0.25) is 10.1 Å². The smallest absolute Gasteiger partial charge is 0.358 e. The second-order valence-electron chi connectivity index (χ2n) is 6.46. The van der Waals surface area contributed by atoms with E-state index in [1.54, 1.807) is 0 Å². The van der Waals surface area contributed by atoms with Crippen LogP contribution in [0.3, 0.4) is 0 Å². The molecule has 5 atom stereocenters. The van der Waals surface area contributed by atoms with Gasteiger partial charge in [-0.1, -0.05) is 0 Å². The molecule has 1 fully saturated rings. The third kappa shape index (κ3) is 5.62. The van der Waals surface area contributed by atoms with Crippen molar-refractivity contribution in [2.24, 2.45) is 0 Å². The molecule has 10 nitrogen and oxygen atoms in total. The Kier molecular flexibility index (Phi) is 7.30. The van der Waals surface area contributed by atoms with Gasteiger partial charge in [-0.15, -0.1) is 0 Å². The summed E-state index contributed by atoms with van der Waals surface area (Å²) in [6.45, 7) is -0.618. The number of thiocarbonyl (C=S) groups is 1. The molecule has 0 aromatic heterocycles. The summed E-state index contributed by atoms with van der Waals surface area (Å²) in [5.74, 6) is -0.192. The van der Waals surface area contributed by atoms with Crippen molar-refractivity contribution in [1.29, 1.82) is 0 Å². The zero-order valence-corrected chi connectivity index (χ0v) is 16.6. The highest BCUT2D eigenvalue weighted by atomic mass is 32.1. The number of halogens is 1. The first-order valence-corrected chi connectivity index (χ1v) is 9.37. The van der Waals surface area contributed by atoms with Crippen LogP contribution in [0.4, 0.5) is 10.1 Å². The molecule has 1 saturated heterocycles. The Hall–Kier alpha value is -2.90. The Labute approximate surface area is 180 Å². The van der Waals surface area contributed by atoms with Gasteiger partial charge in [-0.2, -0.15) is 0 Å². The highest BCUT2D eigenvalue weighted by Gasteiger charge is 2.47. The van der Waals surface area contributed by atoms with Crippen LogP contribution in [0.1, 0.15) is 0 Å². The molecule has 1 aliphatic rings. The van der Waals surface area contributed by atoms with Gasteiger partial charge in [0.1, 0.15) is 29.5 Å². The Balaban J connectivity index is 1.68. The van der Waals surface area contributed by atoms with Gasteiger partial charge in [0.2, 0.25) is 6.29 Å². The zero-order valence-electron chi connectivity index (χ0n) is 15.7. The van der Waals surface area contributed by atoms with E-state index in [2.05, 4.69) is 0 Å². The average molecular weight is 455 g/mol. The lowest BCUT2D eigenvalue weighted by molar-refractivity contribution is -0.384. The maximum absolute atomic E-state index is 13.1. The number of aliphatic hydroxyl groups is 3. The first-order valence-electron chi connectivity index (χ1n) is 8.96. The number of non-ortho nitro benzene ring substituents is 1. The van der Waals surface area contributed by atoms with Gasteiger partial charge in [0.25, 0.3) is 5.69 Å². The van der Waals surface area contributed by atoms with Crippen LogP contribution in [0.5, 0.6) is 11.5 Å². The maximum atomic E-state index is 13.1. The van der Waals surface area contributed by atoms with Gasteiger partial charge < -0.3 is 34.3 Å². The molecular formula is C19H18FNO9S. The largest absolute Gasteiger partial charge is 0.462 e. The standard InChI is InChI=1S/C19H18FNO9S/c20-10-1-5-12(6-2-10)27-18-16(24)17(15(23)14(9-22)29-18)30-19(31)28-13-7-3-11(4-8-13)21(25)26/h1-8,14-18,22-24H,9H2/t14-,15-,16+,17+,18+/m1/s1. The van der Waals surface area contributed by atoms with Crippen LogP contribution in [-0.4, -0.2) is 62.8 Å². The average Bonchev–Trinajstić information content (AvgIpc) is 2.75. The number of hydrogen-bond donors (Lipinski definition) is 3. The van der Waals surface area contributed by atoms with Gasteiger partial charge in [-0.25, -0.2) is 4.39 Å². The van der Waals surface area contributed by atoms with Crippen LogP contribution in [0.25, 0.3) is 0 Å². The second kappa shape index (κ2) is 9.94. The SMILES string of the molecule is O=[N+]([O-])c1ccc(OC(=S)O[C@@H]2[C@H](O)[C@@H](Oc3ccc(F)cc3)O[C@H](CO)[C@H]2O)cc1. The fourth-order valence-electron chi connectivity index (χ4n) is 2.80. The van der Waals surface area contributed by atoms with Gasteiger partial charge in [0.05, 0.1) is 11.5 Å². The molecule has 1 aliphatic heterocycles. The molecule has 0 bridgehead atoms. The van der Waals surface area contributed by atoms with Crippen LogP contribution in [0.15, 0.2) is 48.5 Å². The van der Waals surface area contributed by atoms with Gasteiger partial charge >= 0.3 is 5.24 Å². The van der Waals surface area contributed by atoms with Gasteiger partial charge in [-0.05, 0) is 36.4 Å². The van der Waals surface area contributed by atoms with E-state index in [1.165, 1.54) is 36.4 Å². The third-order valence-electron chi connectivity index (χ3n) is 4.37. The number of rotatable bonds is 6. The lowest BCUT2D eigenvalue weighted by Crippen LogP contribution is -2.61. The molecule has 2 aromatic rings. The van der Waals surface area contributed by atoms with E-state index >= 15 is 0 Å². The molecule has 0 amide bonds. The number of benzene rings is 2. The van der Waals surface area contributed by atoms with Gasteiger partial charge in [0.15, 0.2) is 12.2 Å². The van der Waals surface area contributed by atoms with E-state index in [9.17, 15) is 29.8 Å². The molecule has 0 unspecified atom stereocenters. The molecule has 3 N–H and O–H groups in total. The topological polar surface area (TPSA) is 141 Å². The summed E-state index contributed by atoms with van der Waals surface area (Å²) in [5.41, 5.74) is -0.152. The molecule has 1 heterocycles. The number of ether oxygens (including phenoxy) is 4.